The molecule has 2 aromatic heterocycles. The van der Waals surface area contributed by atoms with Gasteiger partial charge in [0.25, 0.3) is 0 Å². The lowest BCUT2D eigenvalue weighted by Gasteiger charge is -1.95. The molecule has 2 rings (SSSR count). The molecule has 0 bridgehead atoms. The van der Waals surface area contributed by atoms with Gasteiger partial charge >= 0.3 is 5.69 Å². The van der Waals surface area contributed by atoms with Crippen molar-refractivity contribution in [2.45, 2.75) is 13.3 Å². The number of hydrogen-bond acceptors (Lipinski definition) is 4. The van der Waals surface area contributed by atoms with Crippen LogP contribution >= 0.6 is 0 Å². The number of aryl methyl sites for hydroxylation is 1. The summed E-state index contributed by atoms with van der Waals surface area (Å²) in [6.45, 7) is 1.97. The summed E-state index contributed by atoms with van der Waals surface area (Å²) in [5, 5.41) is 3.88. The molecule has 6 nitrogen and oxygen atoms in total. The Kier molecular flexibility index (Phi) is 1.54. The Hall–Kier alpha value is -1.85. The van der Waals surface area contributed by atoms with E-state index in [4.69, 9.17) is 5.73 Å². The monoisotopic (exact) mass is 179 g/mol. The number of anilines is 1. The highest BCUT2D eigenvalue weighted by molar-refractivity contribution is 5.47. The molecule has 13 heavy (non-hydrogen) atoms. The number of nitrogens with one attached hydrogen (secondary N) is 1. The fraction of sp³-hybridized carbons (Fsp3) is 0.286. The molecule has 0 aliphatic rings. The smallest absolute Gasteiger partial charge is 0.350 e. The normalized spacial score (nSPS) is 10.8. The van der Waals surface area contributed by atoms with Crippen molar-refractivity contribution in [2.75, 3.05) is 5.73 Å². The number of aromatic amines is 1. The highest BCUT2D eigenvalue weighted by Crippen LogP contribution is 2.05. The van der Waals surface area contributed by atoms with Gasteiger partial charge in [0.1, 0.15) is 0 Å². The molecule has 2 heterocycles. The van der Waals surface area contributed by atoms with E-state index < -0.39 is 0 Å². The van der Waals surface area contributed by atoms with Crippen molar-refractivity contribution in [1.29, 1.82) is 0 Å². The van der Waals surface area contributed by atoms with Gasteiger partial charge in [-0.2, -0.15) is 14.6 Å². The summed E-state index contributed by atoms with van der Waals surface area (Å²) in [5.74, 6) is 0.118. The van der Waals surface area contributed by atoms with Crippen molar-refractivity contribution in [3.63, 3.8) is 0 Å². The average Bonchev–Trinajstić information content (AvgIpc) is 2.47. The van der Waals surface area contributed by atoms with Crippen LogP contribution in [0.25, 0.3) is 5.65 Å². The van der Waals surface area contributed by atoms with Crippen LogP contribution in [-0.2, 0) is 6.42 Å². The van der Waals surface area contributed by atoms with E-state index in [1.807, 2.05) is 6.92 Å². The molecule has 3 N–H and O–H groups in total. The molecule has 0 amide bonds. The largest absolute Gasteiger partial charge is 0.369 e. The van der Waals surface area contributed by atoms with Crippen molar-refractivity contribution in [2.24, 2.45) is 0 Å². The van der Waals surface area contributed by atoms with Crippen molar-refractivity contribution in [1.82, 2.24) is 19.6 Å². The summed E-state index contributed by atoms with van der Waals surface area (Å²) in [6.07, 6.45) is 2.40. The number of hydrogen-bond donors (Lipinski definition) is 2. The summed E-state index contributed by atoms with van der Waals surface area (Å²) >= 11 is 0. The number of fused-ring (bicyclic) bond motifs is 1. The molecule has 0 saturated heterocycles. The Labute approximate surface area is 73.4 Å². The molecule has 0 radical (unpaired) electrons. The van der Waals surface area contributed by atoms with Gasteiger partial charge in [-0.25, -0.2) is 4.79 Å². The SMILES string of the molecule is CCc1cnn2c(=O)[nH]c(N)nc12. The molecule has 0 aromatic carbocycles. The van der Waals surface area contributed by atoms with E-state index in [0.29, 0.717) is 5.65 Å². The molecule has 0 saturated carbocycles. The lowest BCUT2D eigenvalue weighted by Crippen LogP contribution is -2.20. The van der Waals surface area contributed by atoms with Crippen molar-refractivity contribution in [3.05, 3.63) is 22.2 Å². The molecule has 6 heteroatoms. The van der Waals surface area contributed by atoms with E-state index in [0.717, 1.165) is 12.0 Å². The molecular formula is C7H9N5O. The van der Waals surface area contributed by atoms with Gasteiger partial charge < -0.3 is 5.73 Å². The van der Waals surface area contributed by atoms with E-state index in [1.165, 1.54) is 4.52 Å². The van der Waals surface area contributed by atoms with Crippen LogP contribution in [0.2, 0.25) is 0 Å². The molecule has 0 aliphatic heterocycles. The third kappa shape index (κ3) is 1.07. The fourth-order valence-corrected chi connectivity index (χ4v) is 1.20. The summed E-state index contributed by atoms with van der Waals surface area (Å²) in [6, 6.07) is 0. The predicted molar refractivity (Wildman–Crippen MR) is 47.4 cm³/mol. The van der Waals surface area contributed by atoms with Crippen molar-refractivity contribution < 1.29 is 0 Å². The van der Waals surface area contributed by atoms with Crippen LogP contribution in [0.15, 0.2) is 11.0 Å². The lowest BCUT2D eigenvalue weighted by molar-refractivity contribution is 0.846. The average molecular weight is 179 g/mol. The molecule has 68 valence electrons. The molecule has 0 atom stereocenters. The second-order valence-corrected chi connectivity index (χ2v) is 2.69. The standard InChI is InChI=1S/C7H9N5O/c1-2-4-3-9-12-5(4)10-6(8)11-7(12)13/h3H,2H2,1H3,(H3,8,10,11,13). The minimum Gasteiger partial charge on any atom is -0.369 e. The highest BCUT2D eigenvalue weighted by atomic mass is 16.1. The third-order valence-corrected chi connectivity index (χ3v) is 1.85. The van der Waals surface area contributed by atoms with Crippen LogP contribution in [0.4, 0.5) is 5.95 Å². The van der Waals surface area contributed by atoms with E-state index >= 15 is 0 Å². The van der Waals surface area contributed by atoms with Crippen LogP contribution in [0, 0.1) is 0 Å². The van der Waals surface area contributed by atoms with E-state index in [2.05, 4.69) is 15.1 Å². The number of nitrogens with zero attached hydrogens (tertiary/aromatic N) is 3. The van der Waals surface area contributed by atoms with Gasteiger partial charge in [0.05, 0.1) is 6.20 Å². The lowest BCUT2D eigenvalue weighted by atomic mass is 10.3. The first-order valence-electron chi connectivity index (χ1n) is 3.94. The van der Waals surface area contributed by atoms with Crippen LogP contribution in [0.5, 0.6) is 0 Å². The van der Waals surface area contributed by atoms with Gasteiger partial charge in [-0.15, -0.1) is 0 Å². The first-order valence-corrected chi connectivity index (χ1v) is 3.94. The van der Waals surface area contributed by atoms with Crippen LogP contribution in [0.3, 0.4) is 0 Å². The number of H-pyrrole nitrogens is 1. The third-order valence-electron chi connectivity index (χ3n) is 1.85. The van der Waals surface area contributed by atoms with E-state index in [-0.39, 0.29) is 11.6 Å². The zero-order valence-corrected chi connectivity index (χ0v) is 7.11. The maximum absolute atomic E-state index is 11.3. The zero-order chi connectivity index (χ0) is 9.42. The summed E-state index contributed by atoms with van der Waals surface area (Å²) in [5.41, 5.74) is 6.49. The topological polar surface area (TPSA) is 89.1 Å². The van der Waals surface area contributed by atoms with E-state index in [9.17, 15) is 4.79 Å². The van der Waals surface area contributed by atoms with Crippen molar-refractivity contribution in [3.8, 4) is 0 Å². The van der Waals surface area contributed by atoms with Crippen molar-refractivity contribution >= 4 is 11.6 Å². The first-order chi connectivity index (χ1) is 6.22. The molecule has 0 unspecified atom stereocenters. The Morgan fingerprint density at radius 3 is 3.15 bits per heavy atom. The Morgan fingerprint density at radius 1 is 1.69 bits per heavy atom. The van der Waals surface area contributed by atoms with E-state index in [1.54, 1.807) is 6.20 Å². The van der Waals surface area contributed by atoms with Crippen LogP contribution in [-0.4, -0.2) is 19.6 Å². The molecule has 0 aliphatic carbocycles. The van der Waals surface area contributed by atoms with Crippen LogP contribution < -0.4 is 11.4 Å². The summed E-state index contributed by atoms with van der Waals surface area (Å²) < 4.78 is 1.20. The summed E-state index contributed by atoms with van der Waals surface area (Å²) in [4.78, 5) is 17.6. The summed E-state index contributed by atoms with van der Waals surface area (Å²) in [7, 11) is 0. The molecule has 0 spiro atoms. The second-order valence-electron chi connectivity index (χ2n) is 2.69. The number of nitrogens with two attached hydrogens (primary N) is 1. The minimum atomic E-state index is -0.359. The predicted octanol–water partition coefficient (Wildman–Crippen LogP) is -0.438. The maximum Gasteiger partial charge on any atom is 0.350 e. The maximum atomic E-state index is 11.3. The molecule has 2 aromatic rings. The number of nitrogen functional groups attached to an aromatic ring is 1. The van der Waals surface area contributed by atoms with Gasteiger partial charge in [-0.3, -0.25) is 4.98 Å². The quantitative estimate of drug-likeness (QED) is 0.621. The van der Waals surface area contributed by atoms with Gasteiger partial charge in [-0.1, -0.05) is 6.92 Å². The van der Waals surface area contributed by atoms with Crippen LogP contribution in [0.1, 0.15) is 12.5 Å². The fourth-order valence-electron chi connectivity index (χ4n) is 1.20. The Morgan fingerprint density at radius 2 is 2.46 bits per heavy atom. The Bertz CT molecular complexity index is 497. The number of aromatic nitrogens is 4. The zero-order valence-electron chi connectivity index (χ0n) is 7.11. The van der Waals surface area contributed by atoms with Gasteiger partial charge in [0.2, 0.25) is 5.95 Å². The molecule has 0 fully saturated rings. The number of rotatable bonds is 1. The van der Waals surface area contributed by atoms with Gasteiger partial charge in [-0.05, 0) is 6.42 Å². The first kappa shape index (κ1) is 7.78. The molecular weight excluding hydrogens is 170 g/mol. The minimum absolute atomic E-state index is 0.118. The second kappa shape index (κ2) is 2.58. The Balaban J connectivity index is 2.90. The van der Waals surface area contributed by atoms with Gasteiger partial charge in [0.15, 0.2) is 5.65 Å². The van der Waals surface area contributed by atoms with Gasteiger partial charge in [0, 0.05) is 5.56 Å². The highest BCUT2D eigenvalue weighted by Gasteiger charge is 2.06.